The number of piperidine rings is 1. The first-order chi connectivity index (χ1) is 16.3. The number of carbonyl (C=O) groups excluding carboxylic acids is 2. The first kappa shape index (κ1) is 23.8. The third-order valence-corrected chi connectivity index (χ3v) is 6.68. The molecule has 4 rings (SSSR count). The van der Waals surface area contributed by atoms with Gasteiger partial charge in [-0.05, 0) is 44.4 Å². The van der Waals surface area contributed by atoms with Gasteiger partial charge in [-0.25, -0.2) is 9.37 Å². The van der Waals surface area contributed by atoms with Crippen molar-refractivity contribution in [2.45, 2.75) is 45.8 Å². The van der Waals surface area contributed by atoms with Gasteiger partial charge in [0, 0.05) is 25.7 Å². The number of fused-ring (bicyclic) bond motifs is 1. The highest BCUT2D eigenvalue weighted by Gasteiger charge is 2.28. The summed E-state index contributed by atoms with van der Waals surface area (Å²) in [4.78, 5) is 48.5. The van der Waals surface area contributed by atoms with Gasteiger partial charge >= 0.3 is 0 Å². The fraction of sp³-hybridized carbons (Fsp3) is 0.435. The summed E-state index contributed by atoms with van der Waals surface area (Å²) in [7, 11) is 0. The molecule has 34 heavy (non-hydrogen) atoms. The average molecular weight is 487 g/mol. The van der Waals surface area contributed by atoms with E-state index in [0.717, 1.165) is 24.9 Å². The highest BCUT2D eigenvalue weighted by Crippen LogP contribution is 2.29. The lowest BCUT2D eigenvalue weighted by molar-refractivity contribution is -0.125. The number of anilines is 1. The van der Waals surface area contributed by atoms with Crippen molar-refractivity contribution in [1.29, 1.82) is 0 Å². The van der Waals surface area contributed by atoms with Crippen molar-refractivity contribution in [3.63, 3.8) is 0 Å². The van der Waals surface area contributed by atoms with Crippen molar-refractivity contribution in [2.75, 3.05) is 18.0 Å². The number of amides is 2. The van der Waals surface area contributed by atoms with Gasteiger partial charge in [-0.1, -0.05) is 23.5 Å². The topological polar surface area (TPSA) is 109 Å². The number of halogens is 1. The van der Waals surface area contributed by atoms with Crippen molar-refractivity contribution < 1.29 is 14.0 Å². The highest BCUT2D eigenvalue weighted by molar-refractivity contribution is 7.22. The summed E-state index contributed by atoms with van der Waals surface area (Å²) < 4.78 is 14.6. The molecule has 0 bridgehead atoms. The summed E-state index contributed by atoms with van der Waals surface area (Å²) in [6.45, 7) is 5.22. The summed E-state index contributed by atoms with van der Waals surface area (Å²) in [5.74, 6) is -0.790. The lowest BCUT2D eigenvalue weighted by atomic mass is 9.97. The number of carbonyl (C=O) groups is 2. The monoisotopic (exact) mass is 486 g/mol. The van der Waals surface area contributed by atoms with Crippen LogP contribution in [0, 0.1) is 11.7 Å². The van der Waals surface area contributed by atoms with E-state index in [1.807, 2.05) is 18.7 Å². The zero-order valence-corrected chi connectivity index (χ0v) is 19.9. The molecule has 1 fully saturated rings. The zero-order chi connectivity index (χ0) is 24.2. The molecule has 0 aliphatic carbocycles. The van der Waals surface area contributed by atoms with Crippen LogP contribution < -0.4 is 21.1 Å². The summed E-state index contributed by atoms with van der Waals surface area (Å²) in [6.07, 6.45) is 3.00. The molecule has 1 aromatic carbocycles. The molecule has 180 valence electrons. The molecule has 0 radical (unpaired) electrons. The van der Waals surface area contributed by atoms with Gasteiger partial charge in [0.25, 0.3) is 5.56 Å². The highest BCUT2D eigenvalue weighted by atomic mass is 32.1. The number of nitrogens with one attached hydrogen (secondary N) is 2. The molecule has 0 spiro atoms. The Morgan fingerprint density at radius 3 is 2.76 bits per heavy atom. The van der Waals surface area contributed by atoms with E-state index in [4.69, 9.17) is 0 Å². The van der Waals surface area contributed by atoms with Crippen LogP contribution in [0.25, 0.3) is 10.3 Å². The molecule has 2 aromatic heterocycles. The third-order valence-electron chi connectivity index (χ3n) is 5.58. The molecule has 1 aliphatic rings. The Kier molecular flexibility index (Phi) is 7.20. The normalized spacial score (nSPS) is 16.1. The number of nitrogens with zero attached hydrogens (tertiary/aromatic N) is 4. The van der Waals surface area contributed by atoms with Crippen LogP contribution in [0.1, 0.15) is 32.3 Å². The Morgan fingerprint density at radius 1 is 1.26 bits per heavy atom. The van der Waals surface area contributed by atoms with Gasteiger partial charge in [0.15, 0.2) is 10.8 Å². The molecule has 1 saturated heterocycles. The molecule has 3 heterocycles. The second kappa shape index (κ2) is 10.3. The summed E-state index contributed by atoms with van der Waals surface area (Å²) >= 11 is 1.23. The molecule has 1 unspecified atom stereocenters. The quantitative estimate of drug-likeness (QED) is 0.529. The maximum atomic E-state index is 13.0. The second-order valence-corrected chi connectivity index (χ2v) is 9.66. The number of hydrogen-bond acceptors (Lipinski definition) is 7. The van der Waals surface area contributed by atoms with E-state index in [9.17, 15) is 18.8 Å². The van der Waals surface area contributed by atoms with Crippen LogP contribution >= 0.6 is 11.3 Å². The molecular formula is C23H27FN6O3S. The summed E-state index contributed by atoms with van der Waals surface area (Å²) in [5, 5.41) is 6.34. The summed E-state index contributed by atoms with van der Waals surface area (Å²) in [6, 6.07) is 5.91. The van der Waals surface area contributed by atoms with Gasteiger partial charge < -0.3 is 15.5 Å². The number of thiazole rings is 1. The van der Waals surface area contributed by atoms with Gasteiger partial charge in [0.2, 0.25) is 11.8 Å². The predicted octanol–water partition coefficient (Wildman–Crippen LogP) is 2.05. The smallest absolute Gasteiger partial charge is 0.273 e. The van der Waals surface area contributed by atoms with Crippen molar-refractivity contribution in [3.8, 4) is 0 Å². The zero-order valence-electron chi connectivity index (χ0n) is 19.1. The van der Waals surface area contributed by atoms with E-state index >= 15 is 0 Å². The third kappa shape index (κ3) is 5.58. The van der Waals surface area contributed by atoms with Gasteiger partial charge in [-0.2, -0.15) is 4.98 Å². The van der Waals surface area contributed by atoms with E-state index in [1.54, 1.807) is 12.1 Å². The lowest BCUT2D eigenvalue weighted by Gasteiger charge is -2.32. The first-order valence-corrected chi connectivity index (χ1v) is 12.0. The van der Waals surface area contributed by atoms with E-state index < -0.39 is 0 Å². The van der Waals surface area contributed by atoms with Crippen LogP contribution in [0.5, 0.6) is 0 Å². The van der Waals surface area contributed by atoms with Crippen LogP contribution in [-0.4, -0.2) is 45.5 Å². The molecule has 1 atom stereocenters. The fourth-order valence-electron chi connectivity index (χ4n) is 3.86. The minimum absolute atomic E-state index is 0.0351. The molecular weight excluding hydrogens is 459 g/mol. The standard InChI is InChI=1S/C23H27FN6O3S/c1-14(2)27-21(32)16-4-3-9-29(11-16)23-28-20-19(34-23)22(33)30(13-26-20)12-18(31)25-10-15-5-7-17(24)8-6-15/h5-8,13-14,16H,3-4,9-12H2,1-2H3,(H,25,31)(H,27,32). The maximum absolute atomic E-state index is 13.0. The molecule has 9 nitrogen and oxygen atoms in total. The largest absolute Gasteiger partial charge is 0.354 e. The van der Waals surface area contributed by atoms with Crippen LogP contribution in [0.2, 0.25) is 0 Å². The number of rotatable bonds is 7. The van der Waals surface area contributed by atoms with E-state index in [1.165, 1.54) is 34.4 Å². The van der Waals surface area contributed by atoms with E-state index in [0.29, 0.717) is 22.0 Å². The van der Waals surface area contributed by atoms with Crippen molar-refractivity contribution in [1.82, 2.24) is 25.2 Å². The number of aromatic nitrogens is 3. The fourth-order valence-corrected chi connectivity index (χ4v) is 4.87. The minimum atomic E-state index is -0.354. The molecule has 1 aliphatic heterocycles. The Labute approximate surface area is 200 Å². The van der Waals surface area contributed by atoms with Gasteiger partial charge in [0.1, 0.15) is 23.4 Å². The number of benzene rings is 1. The van der Waals surface area contributed by atoms with Gasteiger partial charge in [0.05, 0.1) is 5.92 Å². The van der Waals surface area contributed by atoms with Gasteiger partial charge in [-0.3, -0.25) is 19.0 Å². The Hall–Kier alpha value is -3.34. The van der Waals surface area contributed by atoms with E-state index in [2.05, 4.69) is 20.6 Å². The van der Waals surface area contributed by atoms with Crippen molar-refractivity contribution in [3.05, 3.63) is 52.3 Å². The first-order valence-electron chi connectivity index (χ1n) is 11.2. The minimum Gasteiger partial charge on any atom is -0.354 e. The molecule has 11 heteroatoms. The van der Waals surface area contributed by atoms with Crippen LogP contribution in [0.4, 0.5) is 9.52 Å². The lowest BCUT2D eigenvalue weighted by Crippen LogP contribution is -2.44. The molecule has 2 amide bonds. The predicted molar refractivity (Wildman–Crippen MR) is 128 cm³/mol. The average Bonchev–Trinajstić information content (AvgIpc) is 3.26. The van der Waals surface area contributed by atoms with Gasteiger partial charge in [-0.15, -0.1) is 0 Å². The number of hydrogen-bond donors (Lipinski definition) is 2. The Bertz CT molecular complexity index is 1240. The van der Waals surface area contributed by atoms with Crippen LogP contribution in [0.3, 0.4) is 0 Å². The van der Waals surface area contributed by atoms with Crippen molar-refractivity contribution >= 4 is 38.6 Å². The molecule has 3 aromatic rings. The van der Waals surface area contributed by atoms with Crippen LogP contribution in [0.15, 0.2) is 35.4 Å². The second-order valence-electron chi connectivity index (χ2n) is 8.68. The Balaban J connectivity index is 1.43. The van der Waals surface area contributed by atoms with E-state index in [-0.39, 0.29) is 48.2 Å². The molecule has 2 N–H and O–H groups in total. The molecule has 0 saturated carbocycles. The Morgan fingerprint density at radius 2 is 2.03 bits per heavy atom. The van der Waals surface area contributed by atoms with Crippen molar-refractivity contribution in [2.24, 2.45) is 5.92 Å². The SMILES string of the molecule is CC(C)NC(=O)C1CCCN(c2nc3ncn(CC(=O)NCc4ccc(F)cc4)c(=O)c3s2)C1. The van der Waals surface area contributed by atoms with Crippen LogP contribution in [-0.2, 0) is 22.7 Å². The summed E-state index contributed by atoms with van der Waals surface area (Å²) in [5.41, 5.74) is 0.753. The maximum Gasteiger partial charge on any atom is 0.273 e.